The van der Waals surface area contributed by atoms with E-state index < -0.39 is 6.03 Å². The maximum atomic E-state index is 12.0. The van der Waals surface area contributed by atoms with Crippen molar-refractivity contribution in [1.29, 1.82) is 0 Å². The fraction of sp³-hybridized carbons (Fsp3) is 0.136. The van der Waals surface area contributed by atoms with Gasteiger partial charge >= 0.3 is 6.03 Å². The van der Waals surface area contributed by atoms with E-state index in [4.69, 9.17) is 15.3 Å². The van der Waals surface area contributed by atoms with Crippen LogP contribution in [0.1, 0.15) is 11.1 Å². The summed E-state index contributed by atoms with van der Waals surface area (Å²) in [6, 6.07) is 22.3. The van der Waals surface area contributed by atoms with Crippen LogP contribution in [0.2, 0.25) is 0 Å². The standard InChI is InChI=1S/C22H22N4O3/c1-16-7-6-10-20(24-22(27)26(2)25-23)21(16)28-15-17-11-13-19(14-12-17)29-18-8-4-3-5-9-18/h3-14,23H,15H2,1-2H3,(H,24,27)/p+1. The molecule has 0 aromatic heterocycles. The lowest BCUT2D eigenvalue weighted by Crippen LogP contribution is -2.23. The predicted molar refractivity (Wildman–Crippen MR) is 110 cm³/mol. The first-order valence-corrected chi connectivity index (χ1v) is 9.06. The third-order valence-electron chi connectivity index (χ3n) is 4.21. The van der Waals surface area contributed by atoms with Gasteiger partial charge in [0.25, 0.3) is 0 Å². The van der Waals surface area contributed by atoms with E-state index in [-0.39, 0.29) is 0 Å². The van der Waals surface area contributed by atoms with Gasteiger partial charge in [0.15, 0.2) is 5.75 Å². The number of nitrogens with two attached hydrogens (primary N) is 1. The Balaban J connectivity index is 1.67. The number of nitrogens with one attached hydrogen (secondary N) is 1. The SMILES string of the molecule is Cc1cccc(NC(=O)/[N+](C)=N\N)c1OCc1ccc(Oc2ccccc2)cc1. The van der Waals surface area contributed by atoms with Gasteiger partial charge in [0.05, 0.1) is 7.05 Å². The number of hydrogen-bond acceptors (Lipinski definition) is 4. The Labute approximate surface area is 169 Å². The van der Waals surface area contributed by atoms with E-state index >= 15 is 0 Å². The Morgan fingerprint density at radius 3 is 2.38 bits per heavy atom. The highest BCUT2D eigenvalue weighted by Crippen LogP contribution is 2.30. The molecule has 0 aliphatic rings. The summed E-state index contributed by atoms with van der Waals surface area (Å²) < 4.78 is 12.8. The number of aryl methyl sites for hydroxylation is 1. The van der Waals surface area contributed by atoms with Gasteiger partial charge in [0.1, 0.15) is 23.8 Å². The lowest BCUT2D eigenvalue weighted by Gasteiger charge is -2.13. The van der Waals surface area contributed by atoms with Crippen LogP contribution in [-0.4, -0.2) is 17.8 Å². The molecule has 3 rings (SSSR count). The van der Waals surface area contributed by atoms with E-state index in [0.717, 1.165) is 27.3 Å². The maximum absolute atomic E-state index is 12.0. The fourth-order valence-electron chi connectivity index (χ4n) is 2.62. The number of carbonyl (C=O) groups is 1. The second-order valence-corrected chi connectivity index (χ2v) is 6.37. The Bertz CT molecular complexity index is 1000. The molecule has 0 fully saturated rings. The van der Waals surface area contributed by atoms with Gasteiger partial charge in [0, 0.05) is 5.22 Å². The van der Waals surface area contributed by atoms with E-state index in [2.05, 4.69) is 10.5 Å². The number of para-hydroxylation sites is 2. The number of urea groups is 1. The molecule has 0 bridgehead atoms. The first-order chi connectivity index (χ1) is 14.1. The molecular formula is C22H23N4O3+. The number of ether oxygens (including phenoxy) is 2. The van der Waals surface area contributed by atoms with Gasteiger partial charge < -0.3 is 9.47 Å². The van der Waals surface area contributed by atoms with Crippen molar-refractivity contribution in [3.8, 4) is 17.2 Å². The lowest BCUT2D eigenvalue weighted by molar-refractivity contribution is -0.466. The summed E-state index contributed by atoms with van der Waals surface area (Å²) in [4.78, 5) is 12.0. The van der Waals surface area contributed by atoms with Crippen molar-refractivity contribution in [2.75, 3.05) is 12.4 Å². The van der Waals surface area contributed by atoms with Crippen LogP contribution in [0.4, 0.5) is 10.5 Å². The molecule has 29 heavy (non-hydrogen) atoms. The van der Waals surface area contributed by atoms with Crippen LogP contribution in [-0.2, 0) is 6.61 Å². The molecule has 0 saturated carbocycles. The first kappa shape index (κ1) is 19.9. The van der Waals surface area contributed by atoms with E-state index in [1.807, 2.05) is 73.7 Å². The molecule has 0 radical (unpaired) electrons. The Kier molecular flexibility index (Phi) is 6.42. The predicted octanol–water partition coefficient (Wildman–Crippen LogP) is 4.87. The smallest absolute Gasteiger partial charge is 0.459 e. The Morgan fingerprint density at radius 1 is 1.00 bits per heavy atom. The van der Waals surface area contributed by atoms with E-state index in [1.165, 1.54) is 7.05 Å². The largest absolute Gasteiger partial charge is 0.485 e. The van der Waals surface area contributed by atoms with E-state index in [9.17, 15) is 4.79 Å². The summed E-state index contributed by atoms with van der Waals surface area (Å²) >= 11 is 0. The van der Waals surface area contributed by atoms with Crippen LogP contribution in [0.3, 0.4) is 0 Å². The molecule has 0 spiro atoms. The monoisotopic (exact) mass is 391 g/mol. The average Bonchev–Trinajstić information content (AvgIpc) is 2.74. The normalized spacial score (nSPS) is 11.0. The summed E-state index contributed by atoms with van der Waals surface area (Å²) in [6.45, 7) is 2.26. The molecule has 3 aromatic carbocycles. The average molecular weight is 391 g/mol. The van der Waals surface area contributed by atoms with Crippen molar-refractivity contribution < 1.29 is 19.0 Å². The number of amides is 2. The zero-order valence-electron chi connectivity index (χ0n) is 16.3. The second-order valence-electron chi connectivity index (χ2n) is 6.37. The van der Waals surface area contributed by atoms with Gasteiger partial charge in [0.2, 0.25) is 0 Å². The van der Waals surface area contributed by atoms with Crippen molar-refractivity contribution in [3.05, 3.63) is 83.9 Å². The number of rotatable bonds is 6. The zero-order valence-corrected chi connectivity index (χ0v) is 16.3. The molecular weight excluding hydrogens is 368 g/mol. The molecule has 0 unspecified atom stereocenters. The minimum absolute atomic E-state index is 0.344. The fourth-order valence-corrected chi connectivity index (χ4v) is 2.62. The summed E-state index contributed by atoms with van der Waals surface area (Å²) in [5.41, 5.74) is 2.42. The Hall–Kier alpha value is -3.87. The molecule has 3 N–H and O–H groups in total. The van der Waals surface area contributed by atoms with Crippen molar-refractivity contribution in [1.82, 2.24) is 0 Å². The summed E-state index contributed by atoms with van der Waals surface area (Å²) in [5.74, 6) is 7.26. The number of nitrogens with zero attached hydrogens (tertiary/aromatic N) is 2. The second kappa shape index (κ2) is 9.36. The van der Waals surface area contributed by atoms with E-state index in [0.29, 0.717) is 18.0 Å². The van der Waals surface area contributed by atoms with Crippen molar-refractivity contribution in [2.24, 2.45) is 11.1 Å². The zero-order chi connectivity index (χ0) is 20.6. The van der Waals surface area contributed by atoms with Gasteiger partial charge in [-0.05, 0) is 48.4 Å². The molecule has 7 nitrogen and oxygen atoms in total. The van der Waals surface area contributed by atoms with Gasteiger partial charge in [-0.3, -0.25) is 0 Å². The molecule has 2 amide bonds. The number of hydrogen-bond donors (Lipinski definition) is 2. The highest BCUT2D eigenvalue weighted by Gasteiger charge is 2.16. The van der Waals surface area contributed by atoms with Gasteiger partial charge in [-0.25, -0.2) is 16.0 Å². The minimum Gasteiger partial charge on any atom is -0.485 e. The topological polar surface area (TPSA) is 89.0 Å². The van der Waals surface area contributed by atoms with E-state index in [1.54, 1.807) is 6.07 Å². The van der Waals surface area contributed by atoms with Crippen LogP contribution >= 0.6 is 0 Å². The van der Waals surface area contributed by atoms with Crippen LogP contribution in [0.5, 0.6) is 17.2 Å². The van der Waals surface area contributed by atoms with Crippen molar-refractivity contribution in [2.45, 2.75) is 13.5 Å². The number of anilines is 1. The van der Waals surface area contributed by atoms with Crippen LogP contribution < -0.4 is 20.6 Å². The minimum atomic E-state index is -0.453. The molecule has 0 aliphatic heterocycles. The highest BCUT2D eigenvalue weighted by molar-refractivity contribution is 5.85. The summed E-state index contributed by atoms with van der Waals surface area (Å²) in [7, 11) is 1.46. The van der Waals surface area contributed by atoms with Crippen LogP contribution in [0.25, 0.3) is 0 Å². The third kappa shape index (κ3) is 5.32. The first-order valence-electron chi connectivity index (χ1n) is 9.06. The quantitative estimate of drug-likeness (QED) is 0.272. The number of carbonyl (C=O) groups excluding carboxylic acids is 1. The highest BCUT2D eigenvalue weighted by atomic mass is 16.5. The molecule has 0 atom stereocenters. The molecule has 148 valence electrons. The van der Waals surface area contributed by atoms with Gasteiger partial charge in [-0.1, -0.05) is 42.5 Å². The molecule has 0 aliphatic carbocycles. The molecule has 0 heterocycles. The third-order valence-corrected chi connectivity index (χ3v) is 4.21. The van der Waals surface area contributed by atoms with Crippen molar-refractivity contribution >= 4 is 11.7 Å². The molecule has 7 heteroatoms. The summed E-state index contributed by atoms with van der Waals surface area (Å²) in [5, 5.41) is 6.08. The van der Waals surface area contributed by atoms with Crippen LogP contribution in [0, 0.1) is 6.92 Å². The van der Waals surface area contributed by atoms with Crippen LogP contribution in [0.15, 0.2) is 78.0 Å². The maximum Gasteiger partial charge on any atom is 0.459 e. The number of benzene rings is 3. The Morgan fingerprint density at radius 2 is 1.69 bits per heavy atom. The summed E-state index contributed by atoms with van der Waals surface area (Å²) in [6.07, 6.45) is 0. The van der Waals surface area contributed by atoms with Gasteiger partial charge in [-0.15, -0.1) is 4.70 Å². The van der Waals surface area contributed by atoms with Crippen molar-refractivity contribution in [3.63, 3.8) is 0 Å². The molecule has 3 aromatic rings. The van der Waals surface area contributed by atoms with Gasteiger partial charge in [-0.2, -0.15) is 0 Å². The lowest BCUT2D eigenvalue weighted by atomic mass is 10.2. The molecule has 0 saturated heterocycles.